The molecule has 0 spiro atoms. The van der Waals surface area contributed by atoms with Gasteiger partial charge < -0.3 is 5.11 Å². The van der Waals surface area contributed by atoms with E-state index in [0.717, 1.165) is 31.3 Å². The number of allylic oxidation sites excluding steroid dienone is 4. The summed E-state index contributed by atoms with van der Waals surface area (Å²) in [5, 5.41) is 19.4. The lowest BCUT2D eigenvalue weighted by atomic mass is 9.48. The number of carbonyl (C=O) groups excluding carboxylic acids is 1. The molecule has 22 heavy (non-hydrogen) atoms. The minimum Gasteiger partial charge on any atom is -0.395 e. The van der Waals surface area contributed by atoms with E-state index in [2.05, 4.69) is 25.6 Å². The minimum atomic E-state index is -0.331. The first-order valence-electron chi connectivity index (χ1n) is 8.06. The molecule has 0 aliphatic heterocycles. The van der Waals surface area contributed by atoms with Gasteiger partial charge in [-0.1, -0.05) is 43.7 Å². The molecule has 0 aromatic carbocycles. The summed E-state index contributed by atoms with van der Waals surface area (Å²) in [4.78, 5) is 12.4. The normalized spacial score (nSPS) is 41.0. The van der Waals surface area contributed by atoms with Crippen molar-refractivity contribution in [1.82, 2.24) is 0 Å². The van der Waals surface area contributed by atoms with Gasteiger partial charge in [-0.25, -0.2) is 0 Å². The van der Waals surface area contributed by atoms with Gasteiger partial charge in [0, 0.05) is 16.7 Å². The number of fused-ring (bicyclic) bond motifs is 3. The Kier molecular flexibility index (Phi) is 3.41. The molecule has 0 amide bonds. The zero-order valence-corrected chi connectivity index (χ0v) is 13.4. The molecule has 3 aliphatic rings. The monoisotopic (exact) mass is 297 g/mol. The van der Waals surface area contributed by atoms with E-state index in [1.165, 1.54) is 5.57 Å². The lowest BCUT2D eigenvalue weighted by Crippen LogP contribution is -2.51. The fraction of sp³-hybridized carbons (Fsp3) is 0.579. The lowest BCUT2D eigenvalue weighted by molar-refractivity contribution is -0.123. The smallest absolute Gasteiger partial charge is 0.176 e. The number of carbonyl (C=O) groups is 1. The molecule has 0 heterocycles. The van der Waals surface area contributed by atoms with E-state index in [0.29, 0.717) is 0 Å². The largest absolute Gasteiger partial charge is 0.395 e. The third kappa shape index (κ3) is 1.87. The first kappa shape index (κ1) is 15.2. The molecule has 1 unspecified atom stereocenters. The SMILES string of the molecule is C=C1C=C2[C@](CO)(CC1)CCC1[C@@H](C)C(=O)C(C#N)=C[C@]21C. The van der Waals surface area contributed by atoms with Crippen LogP contribution in [0.3, 0.4) is 0 Å². The van der Waals surface area contributed by atoms with Crippen LogP contribution in [0.2, 0.25) is 0 Å². The molecule has 3 heteroatoms. The van der Waals surface area contributed by atoms with Gasteiger partial charge >= 0.3 is 0 Å². The van der Waals surface area contributed by atoms with Crippen LogP contribution in [0, 0.1) is 34.0 Å². The zero-order chi connectivity index (χ0) is 16.1. The van der Waals surface area contributed by atoms with Crippen molar-refractivity contribution in [2.45, 2.75) is 39.5 Å². The van der Waals surface area contributed by atoms with Crippen molar-refractivity contribution in [3.05, 3.63) is 35.5 Å². The van der Waals surface area contributed by atoms with Crippen molar-refractivity contribution >= 4 is 5.78 Å². The molecule has 4 atom stereocenters. The summed E-state index contributed by atoms with van der Waals surface area (Å²) in [5.41, 5.74) is 2.00. The molecule has 1 N–H and O–H groups in total. The summed E-state index contributed by atoms with van der Waals surface area (Å²) in [7, 11) is 0. The van der Waals surface area contributed by atoms with E-state index in [1.807, 2.05) is 13.0 Å². The van der Waals surface area contributed by atoms with Crippen molar-refractivity contribution in [1.29, 1.82) is 5.26 Å². The number of rotatable bonds is 1. The molecule has 3 nitrogen and oxygen atoms in total. The Labute approximate surface area is 132 Å². The molecule has 0 aromatic rings. The fourth-order valence-electron chi connectivity index (χ4n) is 4.97. The summed E-state index contributed by atoms with van der Waals surface area (Å²) in [6.45, 7) is 8.31. The second kappa shape index (κ2) is 4.93. The number of aliphatic hydroxyl groups excluding tert-OH is 1. The maximum Gasteiger partial charge on any atom is 0.176 e. The highest BCUT2D eigenvalue weighted by Crippen LogP contribution is 2.61. The molecule has 0 bridgehead atoms. The Morgan fingerprint density at radius 2 is 2.23 bits per heavy atom. The van der Waals surface area contributed by atoms with E-state index in [1.54, 1.807) is 0 Å². The highest BCUT2D eigenvalue weighted by molar-refractivity contribution is 6.02. The van der Waals surface area contributed by atoms with Crippen LogP contribution in [0.1, 0.15) is 39.5 Å². The van der Waals surface area contributed by atoms with E-state index in [9.17, 15) is 15.2 Å². The van der Waals surface area contributed by atoms with Crippen LogP contribution in [0.15, 0.2) is 35.5 Å². The molecule has 0 aromatic heterocycles. The van der Waals surface area contributed by atoms with Gasteiger partial charge in [-0.2, -0.15) is 5.26 Å². The quantitative estimate of drug-likeness (QED) is 0.807. The summed E-state index contributed by atoms with van der Waals surface area (Å²) >= 11 is 0. The standard InChI is InChI=1S/C19H23NO2/c1-12-4-6-19(11-21)7-5-15-13(2)17(22)14(10-20)9-18(15,3)16(19)8-12/h8-9,13,15,21H,1,4-7,11H2,2-3H3/t13-,15?,18+,19-/m1/s1. The molecule has 0 saturated heterocycles. The van der Waals surface area contributed by atoms with Gasteiger partial charge in [0.2, 0.25) is 0 Å². The predicted octanol–water partition coefficient (Wildman–Crippen LogP) is 3.33. The van der Waals surface area contributed by atoms with Crippen molar-refractivity contribution in [2.24, 2.45) is 22.7 Å². The van der Waals surface area contributed by atoms with Crippen LogP contribution in [0.25, 0.3) is 0 Å². The van der Waals surface area contributed by atoms with Crippen LogP contribution in [0.4, 0.5) is 0 Å². The van der Waals surface area contributed by atoms with Crippen LogP contribution < -0.4 is 0 Å². The predicted molar refractivity (Wildman–Crippen MR) is 84.7 cm³/mol. The van der Waals surface area contributed by atoms with Crippen LogP contribution in [0.5, 0.6) is 0 Å². The highest BCUT2D eigenvalue weighted by atomic mass is 16.3. The molecule has 3 rings (SSSR count). The molecular formula is C19H23NO2. The van der Waals surface area contributed by atoms with Crippen LogP contribution >= 0.6 is 0 Å². The number of nitrogens with zero attached hydrogens (tertiary/aromatic N) is 1. The molecular weight excluding hydrogens is 274 g/mol. The lowest BCUT2D eigenvalue weighted by Gasteiger charge is -2.56. The van der Waals surface area contributed by atoms with Crippen molar-refractivity contribution in [2.75, 3.05) is 6.61 Å². The summed E-state index contributed by atoms with van der Waals surface area (Å²) in [5.74, 6) is 0.0306. The fourth-order valence-corrected chi connectivity index (χ4v) is 4.97. The second-order valence-corrected chi connectivity index (χ2v) is 7.41. The zero-order valence-electron chi connectivity index (χ0n) is 13.4. The number of Topliss-reactive ketones (excluding diaryl/α,β-unsaturated/α-hetero) is 1. The van der Waals surface area contributed by atoms with Gasteiger partial charge in [0.1, 0.15) is 6.07 Å². The second-order valence-electron chi connectivity index (χ2n) is 7.41. The van der Waals surface area contributed by atoms with Crippen molar-refractivity contribution < 1.29 is 9.90 Å². The summed E-state index contributed by atoms with van der Waals surface area (Å²) < 4.78 is 0. The number of ketones is 1. The Balaban J connectivity index is 2.21. The summed E-state index contributed by atoms with van der Waals surface area (Å²) in [6.07, 6.45) is 7.65. The summed E-state index contributed by atoms with van der Waals surface area (Å²) in [6, 6.07) is 2.08. The van der Waals surface area contributed by atoms with Gasteiger partial charge in [0.05, 0.1) is 12.2 Å². The molecule has 1 saturated carbocycles. The van der Waals surface area contributed by atoms with E-state index >= 15 is 0 Å². The molecule has 116 valence electrons. The Morgan fingerprint density at radius 3 is 2.86 bits per heavy atom. The van der Waals surface area contributed by atoms with Crippen molar-refractivity contribution in [3.8, 4) is 6.07 Å². The third-order valence-corrected chi connectivity index (χ3v) is 6.28. The average Bonchev–Trinajstić information content (AvgIpc) is 2.52. The van der Waals surface area contributed by atoms with E-state index < -0.39 is 0 Å². The topological polar surface area (TPSA) is 61.1 Å². The van der Waals surface area contributed by atoms with Crippen molar-refractivity contribution in [3.63, 3.8) is 0 Å². The first-order chi connectivity index (χ1) is 10.4. The van der Waals surface area contributed by atoms with Gasteiger partial charge in [-0.3, -0.25) is 4.79 Å². The first-order valence-corrected chi connectivity index (χ1v) is 8.06. The van der Waals surface area contributed by atoms with Gasteiger partial charge in [-0.15, -0.1) is 0 Å². The van der Waals surface area contributed by atoms with Crippen LogP contribution in [-0.2, 0) is 4.79 Å². The average molecular weight is 297 g/mol. The van der Waals surface area contributed by atoms with Gasteiger partial charge in [0.15, 0.2) is 5.78 Å². The number of hydrogen-bond acceptors (Lipinski definition) is 3. The third-order valence-electron chi connectivity index (χ3n) is 6.28. The maximum atomic E-state index is 12.4. The molecule has 1 fully saturated rings. The minimum absolute atomic E-state index is 0.0308. The molecule has 0 radical (unpaired) electrons. The van der Waals surface area contributed by atoms with E-state index in [-0.39, 0.29) is 40.6 Å². The number of nitriles is 1. The molecule has 3 aliphatic carbocycles. The Bertz CT molecular complexity index is 651. The van der Waals surface area contributed by atoms with Gasteiger partial charge in [0.25, 0.3) is 0 Å². The number of aliphatic hydroxyl groups is 1. The Morgan fingerprint density at radius 1 is 1.50 bits per heavy atom. The van der Waals surface area contributed by atoms with E-state index in [4.69, 9.17) is 0 Å². The maximum absolute atomic E-state index is 12.4. The highest BCUT2D eigenvalue weighted by Gasteiger charge is 2.55. The van der Waals surface area contributed by atoms with Gasteiger partial charge in [-0.05, 0) is 31.6 Å². The number of hydrogen-bond donors (Lipinski definition) is 1. The Hall–Kier alpha value is -1.66. The van der Waals surface area contributed by atoms with Crippen LogP contribution in [-0.4, -0.2) is 17.5 Å².